The molecule has 6 heteroatoms. The number of aromatic nitrogens is 2. The van der Waals surface area contributed by atoms with Crippen LogP contribution in [0.5, 0.6) is 11.5 Å². The van der Waals surface area contributed by atoms with Crippen LogP contribution in [-0.4, -0.2) is 51.3 Å². The normalized spacial score (nSPS) is 21.1. The highest BCUT2D eigenvalue weighted by atomic mass is 16.3. The Morgan fingerprint density at radius 3 is 2.39 bits per heavy atom. The Bertz CT molecular complexity index is 966. The molecule has 1 aliphatic carbocycles. The maximum Gasteiger partial charge on any atom is 0.225 e. The topological polar surface area (TPSA) is 72.7 Å². The van der Waals surface area contributed by atoms with Gasteiger partial charge in [-0.05, 0) is 57.2 Å². The van der Waals surface area contributed by atoms with Gasteiger partial charge in [0.05, 0.1) is 0 Å². The number of rotatable bonds is 4. The molecule has 0 amide bonds. The van der Waals surface area contributed by atoms with Crippen molar-refractivity contribution < 1.29 is 10.2 Å². The van der Waals surface area contributed by atoms with Crippen LogP contribution in [0.1, 0.15) is 56.2 Å². The minimum Gasteiger partial charge on any atom is -0.507 e. The van der Waals surface area contributed by atoms with E-state index in [1.165, 1.54) is 5.57 Å². The van der Waals surface area contributed by atoms with Crippen molar-refractivity contribution in [2.75, 3.05) is 31.1 Å². The molecule has 178 valence electrons. The Morgan fingerprint density at radius 1 is 1.12 bits per heavy atom. The van der Waals surface area contributed by atoms with Crippen molar-refractivity contribution in [1.29, 1.82) is 0 Å². The van der Waals surface area contributed by atoms with Crippen LogP contribution in [0.4, 0.5) is 5.95 Å². The van der Waals surface area contributed by atoms with E-state index in [-0.39, 0.29) is 17.4 Å². The minimum atomic E-state index is 0.0603. The summed E-state index contributed by atoms with van der Waals surface area (Å²) in [5.41, 5.74) is 3.89. The lowest BCUT2D eigenvalue weighted by Crippen LogP contribution is -2.46. The van der Waals surface area contributed by atoms with Crippen molar-refractivity contribution in [3.63, 3.8) is 0 Å². The average Bonchev–Trinajstić information content (AvgIpc) is 2.80. The summed E-state index contributed by atoms with van der Waals surface area (Å²) in [6.45, 7) is 15.7. The van der Waals surface area contributed by atoms with Gasteiger partial charge in [0.2, 0.25) is 5.95 Å². The van der Waals surface area contributed by atoms with Crippen LogP contribution in [0.15, 0.2) is 48.8 Å². The molecule has 2 aliphatic rings. The first-order valence-electron chi connectivity index (χ1n) is 11.9. The lowest BCUT2D eigenvalue weighted by Gasteiger charge is -2.35. The van der Waals surface area contributed by atoms with Gasteiger partial charge in [0.15, 0.2) is 0 Å². The van der Waals surface area contributed by atoms with E-state index >= 15 is 0 Å². The predicted molar refractivity (Wildman–Crippen MR) is 135 cm³/mol. The van der Waals surface area contributed by atoms with Crippen LogP contribution < -0.4 is 4.90 Å². The van der Waals surface area contributed by atoms with E-state index in [0.29, 0.717) is 18.0 Å². The monoisotopic (exact) mass is 450 g/mol. The number of hydrogen-bond acceptors (Lipinski definition) is 6. The Balaban J connectivity index is 0.000000968. The molecule has 1 aromatic heterocycles. The van der Waals surface area contributed by atoms with Crippen LogP contribution in [0.3, 0.4) is 0 Å². The van der Waals surface area contributed by atoms with Gasteiger partial charge in [0.25, 0.3) is 0 Å². The first-order valence-corrected chi connectivity index (χ1v) is 11.9. The third kappa shape index (κ3) is 5.93. The van der Waals surface area contributed by atoms with Crippen molar-refractivity contribution in [3.8, 4) is 11.5 Å². The fraction of sp³-hybridized carbons (Fsp3) is 0.481. The summed E-state index contributed by atoms with van der Waals surface area (Å²) in [5.74, 6) is 1.71. The number of phenolic OH excluding ortho intramolecular Hbond substituents is 2. The number of aromatic hydroxyl groups is 2. The van der Waals surface area contributed by atoms with Crippen molar-refractivity contribution in [2.24, 2.45) is 5.92 Å². The van der Waals surface area contributed by atoms with Crippen LogP contribution in [0.25, 0.3) is 0 Å². The van der Waals surface area contributed by atoms with E-state index < -0.39 is 0 Å². The maximum atomic E-state index is 11.2. The highest BCUT2D eigenvalue weighted by Crippen LogP contribution is 2.46. The summed E-state index contributed by atoms with van der Waals surface area (Å²) in [4.78, 5) is 13.2. The zero-order chi connectivity index (χ0) is 24.0. The van der Waals surface area contributed by atoms with Gasteiger partial charge < -0.3 is 15.1 Å². The van der Waals surface area contributed by atoms with Crippen LogP contribution >= 0.6 is 0 Å². The molecule has 2 heterocycles. The smallest absolute Gasteiger partial charge is 0.225 e. The van der Waals surface area contributed by atoms with Crippen molar-refractivity contribution in [2.45, 2.75) is 53.0 Å². The van der Waals surface area contributed by atoms with E-state index in [2.05, 4.69) is 46.3 Å². The van der Waals surface area contributed by atoms with Crippen molar-refractivity contribution in [1.82, 2.24) is 14.9 Å². The Labute approximate surface area is 198 Å². The Kier molecular flexibility index (Phi) is 8.50. The largest absolute Gasteiger partial charge is 0.507 e. The molecule has 4 rings (SSSR count). The van der Waals surface area contributed by atoms with Gasteiger partial charge in [0.1, 0.15) is 11.5 Å². The molecule has 33 heavy (non-hydrogen) atoms. The van der Waals surface area contributed by atoms with E-state index in [1.54, 1.807) is 18.5 Å². The summed E-state index contributed by atoms with van der Waals surface area (Å²) in [5, 5.41) is 21.9. The second-order valence-corrected chi connectivity index (χ2v) is 9.23. The van der Waals surface area contributed by atoms with Gasteiger partial charge in [-0.25, -0.2) is 9.97 Å². The first kappa shape index (κ1) is 24.8. The molecular formula is C27H38N4O2. The lowest BCUT2D eigenvalue weighted by molar-refractivity contribution is 0.244. The van der Waals surface area contributed by atoms with Gasteiger partial charge in [-0.15, -0.1) is 6.58 Å². The molecule has 2 unspecified atom stereocenters. The number of allylic oxidation sites excluding steroid dienone is 3. The highest BCUT2D eigenvalue weighted by Gasteiger charge is 2.29. The summed E-state index contributed by atoms with van der Waals surface area (Å²) in [7, 11) is 0. The molecule has 2 N–H and O–H groups in total. The molecule has 1 aliphatic heterocycles. The average molecular weight is 451 g/mol. The third-order valence-corrected chi connectivity index (χ3v) is 6.64. The van der Waals surface area contributed by atoms with E-state index in [0.717, 1.165) is 56.1 Å². The summed E-state index contributed by atoms with van der Waals surface area (Å²) < 4.78 is 0. The number of piperazine rings is 1. The molecule has 1 aromatic carbocycles. The number of nitrogens with zero attached hydrogens (tertiary/aromatic N) is 4. The summed E-state index contributed by atoms with van der Waals surface area (Å²) >= 11 is 0. The second kappa shape index (κ2) is 11.3. The molecule has 0 spiro atoms. The number of anilines is 1. The fourth-order valence-electron chi connectivity index (χ4n) is 4.71. The molecule has 0 bridgehead atoms. The standard InChI is InChI=1S/C24H32N4O2.C3H6/c1-16-5-6-17(2)19(13-16)22-21(29)14-18(3)20(23(22)30)15-27-9-11-28(12-10-27)24-25-7-4-8-26-24;1-3-2/h4,7-8,13-14,17,19,29-30H,5-6,9-12,15H2,1-3H3;3H,1H2,2H3. The van der Waals surface area contributed by atoms with Gasteiger partial charge in [-0.3, -0.25) is 4.90 Å². The van der Waals surface area contributed by atoms with E-state index in [9.17, 15) is 10.2 Å². The highest BCUT2D eigenvalue weighted by molar-refractivity contribution is 5.56. The maximum absolute atomic E-state index is 11.2. The van der Waals surface area contributed by atoms with Gasteiger partial charge in [-0.1, -0.05) is 24.6 Å². The second-order valence-electron chi connectivity index (χ2n) is 9.23. The van der Waals surface area contributed by atoms with E-state index in [1.807, 2.05) is 26.0 Å². The molecular weight excluding hydrogens is 412 g/mol. The van der Waals surface area contributed by atoms with Gasteiger partial charge in [-0.2, -0.15) is 0 Å². The molecule has 1 fully saturated rings. The quantitative estimate of drug-likeness (QED) is 0.626. The Hall–Kier alpha value is -2.86. The molecule has 2 atom stereocenters. The number of benzene rings is 1. The van der Waals surface area contributed by atoms with Crippen molar-refractivity contribution >= 4 is 5.95 Å². The molecule has 2 aromatic rings. The summed E-state index contributed by atoms with van der Waals surface area (Å²) in [6, 6.07) is 3.65. The molecule has 1 saturated heterocycles. The number of hydrogen-bond donors (Lipinski definition) is 2. The van der Waals surface area contributed by atoms with Gasteiger partial charge in [0, 0.05) is 62.2 Å². The van der Waals surface area contributed by atoms with Gasteiger partial charge >= 0.3 is 0 Å². The summed E-state index contributed by atoms with van der Waals surface area (Å²) in [6.07, 6.45) is 9.69. The third-order valence-electron chi connectivity index (χ3n) is 6.64. The zero-order valence-electron chi connectivity index (χ0n) is 20.5. The zero-order valence-corrected chi connectivity index (χ0v) is 20.5. The van der Waals surface area contributed by atoms with E-state index in [4.69, 9.17) is 0 Å². The molecule has 0 saturated carbocycles. The van der Waals surface area contributed by atoms with Crippen LogP contribution in [-0.2, 0) is 6.54 Å². The Morgan fingerprint density at radius 2 is 1.76 bits per heavy atom. The van der Waals surface area contributed by atoms with Crippen molar-refractivity contribution in [3.05, 3.63) is 65.5 Å². The lowest BCUT2D eigenvalue weighted by atomic mass is 9.77. The molecule has 0 radical (unpaired) electrons. The number of aryl methyl sites for hydroxylation is 1. The number of phenols is 2. The fourth-order valence-corrected chi connectivity index (χ4v) is 4.71. The molecule has 6 nitrogen and oxygen atoms in total. The minimum absolute atomic E-state index is 0.0603. The first-order chi connectivity index (χ1) is 15.8. The van der Waals surface area contributed by atoms with Crippen LogP contribution in [0, 0.1) is 12.8 Å². The van der Waals surface area contributed by atoms with Crippen LogP contribution in [0.2, 0.25) is 0 Å². The predicted octanol–water partition coefficient (Wildman–Crippen LogP) is 5.17. The SMILES string of the molecule is C=CC.CC1=CC(c2c(O)cc(C)c(CN3CCN(c4ncccn4)CC3)c2O)C(C)CC1.